The third kappa shape index (κ3) is 3.89. The Bertz CT molecular complexity index is 924. The van der Waals surface area contributed by atoms with E-state index < -0.39 is 5.91 Å². The minimum absolute atomic E-state index is 0.239. The second-order valence-electron chi connectivity index (χ2n) is 5.72. The molecular weight excluding hydrogens is 330 g/mol. The highest BCUT2D eigenvalue weighted by Crippen LogP contribution is 2.14. The molecule has 0 aliphatic carbocycles. The molecule has 0 saturated carbocycles. The van der Waals surface area contributed by atoms with Gasteiger partial charge in [0.15, 0.2) is 5.82 Å². The predicted molar refractivity (Wildman–Crippen MR) is 97.7 cm³/mol. The standard InChI is InChI=1S/C19H17N5O2/c1-24(2)19(26)15-9-6-10-16(22-15)23-18(25)14-11-20-17(21-12-14)13-7-4-3-5-8-13/h3-12H,1-2H3,(H,22,23,25). The zero-order valence-electron chi connectivity index (χ0n) is 14.4. The molecule has 0 aliphatic rings. The number of nitrogens with one attached hydrogen (secondary N) is 1. The maximum absolute atomic E-state index is 12.4. The number of hydrogen-bond donors (Lipinski definition) is 1. The van der Waals surface area contributed by atoms with Gasteiger partial charge in [0.25, 0.3) is 11.8 Å². The van der Waals surface area contributed by atoms with Gasteiger partial charge in [-0.05, 0) is 12.1 Å². The molecule has 3 aromatic rings. The molecule has 130 valence electrons. The minimum atomic E-state index is -0.397. The summed E-state index contributed by atoms with van der Waals surface area (Å²) < 4.78 is 0. The van der Waals surface area contributed by atoms with Gasteiger partial charge in [-0.15, -0.1) is 0 Å². The van der Waals surface area contributed by atoms with E-state index in [4.69, 9.17) is 0 Å². The van der Waals surface area contributed by atoms with Crippen molar-refractivity contribution in [1.29, 1.82) is 0 Å². The fourth-order valence-corrected chi connectivity index (χ4v) is 2.22. The summed E-state index contributed by atoms with van der Waals surface area (Å²) in [4.78, 5) is 38.3. The van der Waals surface area contributed by atoms with E-state index >= 15 is 0 Å². The molecule has 0 fully saturated rings. The van der Waals surface area contributed by atoms with Gasteiger partial charge in [-0.1, -0.05) is 36.4 Å². The number of nitrogens with zero attached hydrogens (tertiary/aromatic N) is 4. The molecule has 3 rings (SSSR count). The highest BCUT2D eigenvalue weighted by molar-refractivity contribution is 6.03. The Hall–Kier alpha value is -3.61. The molecule has 1 N–H and O–H groups in total. The minimum Gasteiger partial charge on any atom is -0.343 e. The first-order valence-corrected chi connectivity index (χ1v) is 7.92. The van der Waals surface area contributed by atoms with E-state index in [2.05, 4.69) is 20.3 Å². The summed E-state index contributed by atoms with van der Waals surface area (Å²) in [6, 6.07) is 14.4. The number of benzene rings is 1. The first-order chi connectivity index (χ1) is 12.5. The molecule has 0 radical (unpaired) electrons. The van der Waals surface area contributed by atoms with E-state index in [9.17, 15) is 9.59 Å². The topological polar surface area (TPSA) is 88.1 Å². The van der Waals surface area contributed by atoms with Crippen LogP contribution >= 0.6 is 0 Å². The van der Waals surface area contributed by atoms with Crippen LogP contribution in [-0.2, 0) is 0 Å². The molecule has 7 nitrogen and oxygen atoms in total. The number of anilines is 1. The van der Waals surface area contributed by atoms with Crippen LogP contribution in [0.2, 0.25) is 0 Å². The fraction of sp³-hybridized carbons (Fsp3) is 0.105. The lowest BCUT2D eigenvalue weighted by atomic mass is 10.2. The number of carbonyl (C=O) groups is 2. The second-order valence-corrected chi connectivity index (χ2v) is 5.72. The van der Waals surface area contributed by atoms with Crippen LogP contribution < -0.4 is 5.32 Å². The lowest BCUT2D eigenvalue weighted by Crippen LogP contribution is -2.23. The van der Waals surface area contributed by atoms with Crippen molar-refractivity contribution in [2.45, 2.75) is 0 Å². The van der Waals surface area contributed by atoms with E-state index in [0.717, 1.165) is 5.56 Å². The van der Waals surface area contributed by atoms with Gasteiger partial charge in [-0.2, -0.15) is 0 Å². The van der Waals surface area contributed by atoms with E-state index in [0.29, 0.717) is 11.4 Å². The number of pyridine rings is 1. The first-order valence-electron chi connectivity index (χ1n) is 7.92. The molecule has 2 amide bonds. The largest absolute Gasteiger partial charge is 0.343 e. The number of hydrogen-bond acceptors (Lipinski definition) is 5. The molecule has 0 spiro atoms. The predicted octanol–water partition coefficient (Wildman–Crippen LogP) is 2.49. The molecular formula is C19H17N5O2. The second kappa shape index (κ2) is 7.52. The third-order valence-electron chi connectivity index (χ3n) is 3.56. The van der Waals surface area contributed by atoms with Crippen LogP contribution in [0.3, 0.4) is 0 Å². The normalized spacial score (nSPS) is 10.2. The van der Waals surface area contributed by atoms with Crippen LogP contribution in [0.15, 0.2) is 60.9 Å². The van der Waals surface area contributed by atoms with E-state index in [1.54, 1.807) is 32.3 Å². The van der Waals surface area contributed by atoms with Crippen molar-refractivity contribution in [3.8, 4) is 11.4 Å². The van der Waals surface area contributed by atoms with Crippen LogP contribution in [0.1, 0.15) is 20.8 Å². The molecule has 2 aromatic heterocycles. The van der Waals surface area contributed by atoms with Gasteiger partial charge < -0.3 is 10.2 Å². The van der Waals surface area contributed by atoms with E-state index in [-0.39, 0.29) is 17.4 Å². The average Bonchev–Trinajstić information content (AvgIpc) is 2.68. The van der Waals surface area contributed by atoms with Crippen LogP contribution in [0.5, 0.6) is 0 Å². The molecule has 0 saturated heterocycles. The molecule has 7 heteroatoms. The van der Waals surface area contributed by atoms with Crippen molar-refractivity contribution in [2.24, 2.45) is 0 Å². The summed E-state index contributed by atoms with van der Waals surface area (Å²) in [5, 5.41) is 2.65. The lowest BCUT2D eigenvalue weighted by Gasteiger charge is -2.10. The highest BCUT2D eigenvalue weighted by atomic mass is 16.2. The SMILES string of the molecule is CN(C)C(=O)c1cccc(NC(=O)c2cnc(-c3ccccc3)nc2)n1. The smallest absolute Gasteiger partial charge is 0.272 e. The zero-order chi connectivity index (χ0) is 18.5. The van der Waals surface area contributed by atoms with Crippen molar-refractivity contribution in [2.75, 3.05) is 19.4 Å². The van der Waals surface area contributed by atoms with Gasteiger partial charge in [0, 0.05) is 32.1 Å². The Labute approximate surface area is 150 Å². The molecule has 0 unspecified atom stereocenters. The fourth-order valence-electron chi connectivity index (χ4n) is 2.22. The Balaban J connectivity index is 1.74. The molecule has 0 aliphatic heterocycles. The monoisotopic (exact) mass is 347 g/mol. The number of amides is 2. The Morgan fingerprint density at radius 3 is 2.27 bits per heavy atom. The van der Waals surface area contributed by atoms with Crippen LogP contribution in [0, 0.1) is 0 Å². The van der Waals surface area contributed by atoms with Crippen molar-refractivity contribution in [1.82, 2.24) is 19.9 Å². The van der Waals surface area contributed by atoms with Crippen LogP contribution in [-0.4, -0.2) is 45.8 Å². The lowest BCUT2D eigenvalue weighted by molar-refractivity contribution is 0.0821. The van der Waals surface area contributed by atoms with Crippen molar-refractivity contribution < 1.29 is 9.59 Å². The maximum Gasteiger partial charge on any atom is 0.272 e. The molecule has 0 atom stereocenters. The van der Waals surface area contributed by atoms with Crippen molar-refractivity contribution in [3.05, 3.63) is 72.2 Å². The van der Waals surface area contributed by atoms with Gasteiger partial charge >= 0.3 is 0 Å². The van der Waals surface area contributed by atoms with Gasteiger partial charge in [0.05, 0.1) is 5.56 Å². The molecule has 1 aromatic carbocycles. The van der Waals surface area contributed by atoms with E-state index in [1.165, 1.54) is 17.3 Å². The Kier molecular flexibility index (Phi) is 4.98. The van der Waals surface area contributed by atoms with Crippen molar-refractivity contribution in [3.63, 3.8) is 0 Å². The molecule has 2 heterocycles. The summed E-state index contributed by atoms with van der Waals surface area (Å²) in [6.45, 7) is 0. The maximum atomic E-state index is 12.4. The summed E-state index contributed by atoms with van der Waals surface area (Å²) in [5.41, 5.74) is 1.43. The average molecular weight is 347 g/mol. The van der Waals surface area contributed by atoms with Gasteiger partial charge in [-0.3, -0.25) is 9.59 Å². The molecule has 26 heavy (non-hydrogen) atoms. The summed E-state index contributed by atoms with van der Waals surface area (Å²) >= 11 is 0. The van der Waals surface area contributed by atoms with Crippen LogP contribution in [0.4, 0.5) is 5.82 Å². The van der Waals surface area contributed by atoms with Crippen LogP contribution in [0.25, 0.3) is 11.4 Å². The Morgan fingerprint density at radius 2 is 1.62 bits per heavy atom. The number of rotatable bonds is 4. The number of carbonyl (C=O) groups excluding carboxylic acids is 2. The van der Waals surface area contributed by atoms with Gasteiger partial charge in [-0.25, -0.2) is 15.0 Å². The third-order valence-corrected chi connectivity index (χ3v) is 3.56. The zero-order valence-corrected chi connectivity index (χ0v) is 14.4. The van der Waals surface area contributed by atoms with Gasteiger partial charge in [0.1, 0.15) is 11.5 Å². The molecule has 0 bridgehead atoms. The summed E-state index contributed by atoms with van der Waals surface area (Å²) in [6.07, 6.45) is 2.92. The highest BCUT2D eigenvalue weighted by Gasteiger charge is 2.13. The summed E-state index contributed by atoms with van der Waals surface area (Å²) in [7, 11) is 3.28. The summed E-state index contributed by atoms with van der Waals surface area (Å²) in [5.74, 6) is 0.192. The van der Waals surface area contributed by atoms with Crippen molar-refractivity contribution >= 4 is 17.6 Å². The number of aromatic nitrogens is 3. The van der Waals surface area contributed by atoms with E-state index in [1.807, 2.05) is 30.3 Å². The Morgan fingerprint density at radius 1 is 0.923 bits per heavy atom. The quantitative estimate of drug-likeness (QED) is 0.783. The first kappa shape index (κ1) is 17.2. The van der Waals surface area contributed by atoms with Gasteiger partial charge in [0.2, 0.25) is 0 Å².